The van der Waals surface area contributed by atoms with Crippen molar-refractivity contribution in [3.8, 4) is 11.5 Å². The van der Waals surface area contributed by atoms with Crippen LogP contribution >= 0.6 is 0 Å². The lowest BCUT2D eigenvalue weighted by Gasteiger charge is -2.15. The first-order valence-corrected chi connectivity index (χ1v) is 13.2. The van der Waals surface area contributed by atoms with Crippen LogP contribution in [0.2, 0.25) is 0 Å². The van der Waals surface area contributed by atoms with Crippen LogP contribution < -0.4 is 9.47 Å². The molecule has 2 unspecified atom stereocenters. The SMILES string of the molecule is CC(=O)Oc1ccc(CC=C(C)CCCC(C)CCCC(C)CCCC(C)C)cc1OC(C)=O. The van der Waals surface area contributed by atoms with Gasteiger partial charge in [0, 0.05) is 13.8 Å². The lowest BCUT2D eigenvalue weighted by Crippen LogP contribution is -2.07. The van der Waals surface area contributed by atoms with Gasteiger partial charge in [-0.25, -0.2) is 0 Å². The van der Waals surface area contributed by atoms with E-state index in [2.05, 4.69) is 40.7 Å². The predicted molar refractivity (Wildman–Crippen MR) is 141 cm³/mol. The average molecular weight is 473 g/mol. The van der Waals surface area contributed by atoms with Gasteiger partial charge in [0.15, 0.2) is 11.5 Å². The third kappa shape index (κ3) is 14.2. The van der Waals surface area contributed by atoms with E-state index in [-0.39, 0.29) is 11.5 Å². The number of ether oxygens (including phenoxy) is 2. The molecule has 192 valence electrons. The van der Waals surface area contributed by atoms with Crippen LogP contribution in [0.5, 0.6) is 11.5 Å². The topological polar surface area (TPSA) is 52.6 Å². The molecule has 0 amide bonds. The summed E-state index contributed by atoms with van der Waals surface area (Å²) in [6.07, 6.45) is 14.8. The Kier molecular flexibility index (Phi) is 14.5. The molecule has 34 heavy (non-hydrogen) atoms. The quantitative estimate of drug-likeness (QED) is 0.137. The van der Waals surface area contributed by atoms with Gasteiger partial charge < -0.3 is 9.47 Å². The van der Waals surface area contributed by atoms with Gasteiger partial charge >= 0.3 is 11.9 Å². The maximum absolute atomic E-state index is 11.4. The molecule has 0 saturated heterocycles. The molecule has 0 heterocycles. The minimum absolute atomic E-state index is 0.270. The summed E-state index contributed by atoms with van der Waals surface area (Å²) >= 11 is 0. The Bertz CT molecular complexity index is 778. The van der Waals surface area contributed by atoms with E-state index in [1.165, 1.54) is 70.8 Å². The molecule has 0 bridgehead atoms. The molecular weight excluding hydrogens is 424 g/mol. The van der Waals surface area contributed by atoms with E-state index in [4.69, 9.17) is 9.47 Å². The lowest BCUT2D eigenvalue weighted by molar-refractivity contribution is -0.134. The molecule has 0 aromatic heterocycles. The molecule has 4 nitrogen and oxygen atoms in total. The Morgan fingerprint density at radius 2 is 1.29 bits per heavy atom. The van der Waals surface area contributed by atoms with E-state index in [0.29, 0.717) is 0 Å². The van der Waals surface area contributed by atoms with Crippen LogP contribution in [0.3, 0.4) is 0 Å². The van der Waals surface area contributed by atoms with E-state index < -0.39 is 11.9 Å². The van der Waals surface area contributed by atoms with Crippen molar-refractivity contribution in [2.24, 2.45) is 17.8 Å². The van der Waals surface area contributed by atoms with Crippen LogP contribution in [-0.4, -0.2) is 11.9 Å². The summed E-state index contributed by atoms with van der Waals surface area (Å²) in [6, 6.07) is 5.36. The van der Waals surface area contributed by atoms with Crippen molar-refractivity contribution in [3.05, 3.63) is 35.4 Å². The van der Waals surface area contributed by atoms with Crippen molar-refractivity contribution in [2.75, 3.05) is 0 Å². The third-order valence-electron chi connectivity index (χ3n) is 6.34. The summed E-state index contributed by atoms with van der Waals surface area (Å²) in [5, 5.41) is 0. The highest BCUT2D eigenvalue weighted by Gasteiger charge is 2.11. The Morgan fingerprint density at radius 1 is 0.765 bits per heavy atom. The maximum atomic E-state index is 11.4. The second-order valence-corrected chi connectivity index (χ2v) is 10.6. The van der Waals surface area contributed by atoms with Gasteiger partial charge in [0.05, 0.1) is 0 Å². The number of rotatable bonds is 16. The van der Waals surface area contributed by atoms with Crippen molar-refractivity contribution >= 4 is 11.9 Å². The fourth-order valence-electron chi connectivity index (χ4n) is 4.25. The third-order valence-corrected chi connectivity index (χ3v) is 6.34. The molecule has 0 radical (unpaired) electrons. The lowest BCUT2D eigenvalue weighted by atomic mass is 9.91. The van der Waals surface area contributed by atoms with Gasteiger partial charge in [0.25, 0.3) is 0 Å². The molecule has 4 heteroatoms. The molecule has 1 aromatic carbocycles. The molecule has 0 saturated carbocycles. The minimum Gasteiger partial charge on any atom is -0.423 e. The smallest absolute Gasteiger partial charge is 0.308 e. The van der Waals surface area contributed by atoms with Crippen LogP contribution in [0.15, 0.2) is 29.8 Å². The van der Waals surface area contributed by atoms with E-state index in [1.54, 1.807) is 12.1 Å². The monoisotopic (exact) mass is 472 g/mol. The summed E-state index contributed by atoms with van der Waals surface area (Å²) in [7, 11) is 0. The van der Waals surface area contributed by atoms with E-state index in [9.17, 15) is 9.59 Å². The van der Waals surface area contributed by atoms with Gasteiger partial charge in [-0.2, -0.15) is 0 Å². The van der Waals surface area contributed by atoms with Gasteiger partial charge in [-0.15, -0.1) is 0 Å². The van der Waals surface area contributed by atoms with Crippen LogP contribution in [-0.2, 0) is 16.0 Å². The molecule has 0 spiro atoms. The molecular formula is C30H48O4. The molecule has 0 aliphatic heterocycles. The first-order valence-electron chi connectivity index (χ1n) is 13.2. The van der Waals surface area contributed by atoms with Gasteiger partial charge in [0.1, 0.15) is 0 Å². The summed E-state index contributed by atoms with van der Waals surface area (Å²) in [5.41, 5.74) is 2.39. The first kappa shape index (κ1) is 29.9. The number of allylic oxidation sites excluding steroid dienone is 2. The van der Waals surface area contributed by atoms with Crippen LogP contribution in [0.4, 0.5) is 0 Å². The molecule has 1 rings (SSSR count). The molecule has 0 aliphatic carbocycles. The van der Waals surface area contributed by atoms with Gasteiger partial charge in [-0.1, -0.05) is 90.4 Å². The second-order valence-electron chi connectivity index (χ2n) is 10.6. The molecule has 0 aliphatic rings. The Hall–Kier alpha value is -2.10. The highest BCUT2D eigenvalue weighted by molar-refractivity contribution is 5.73. The zero-order chi connectivity index (χ0) is 25.5. The first-order chi connectivity index (χ1) is 16.1. The molecule has 1 aromatic rings. The van der Waals surface area contributed by atoms with E-state index >= 15 is 0 Å². The number of hydrogen-bond acceptors (Lipinski definition) is 4. The largest absolute Gasteiger partial charge is 0.423 e. The normalized spacial score (nSPS) is 13.6. The van der Waals surface area contributed by atoms with Crippen molar-refractivity contribution in [2.45, 2.75) is 113 Å². The predicted octanol–water partition coefficient (Wildman–Crippen LogP) is 8.47. The zero-order valence-electron chi connectivity index (χ0n) is 22.7. The van der Waals surface area contributed by atoms with Crippen molar-refractivity contribution in [1.82, 2.24) is 0 Å². The Balaban J connectivity index is 2.38. The van der Waals surface area contributed by atoms with Crippen molar-refractivity contribution in [1.29, 1.82) is 0 Å². The summed E-state index contributed by atoms with van der Waals surface area (Å²) < 4.78 is 10.4. The Labute approximate surface area is 208 Å². The van der Waals surface area contributed by atoms with Crippen LogP contribution in [0.1, 0.15) is 112 Å². The highest BCUT2D eigenvalue weighted by atomic mass is 16.6. The highest BCUT2D eigenvalue weighted by Crippen LogP contribution is 2.29. The van der Waals surface area contributed by atoms with E-state index in [1.807, 2.05) is 6.07 Å². The number of carbonyl (C=O) groups is 2. The van der Waals surface area contributed by atoms with Crippen LogP contribution in [0, 0.1) is 17.8 Å². The van der Waals surface area contributed by atoms with Gasteiger partial charge in [-0.3, -0.25) is 9.59 Å². The van der Waals surface area contributed by atoms with Gasteiger partial charge in [0.2, 0.25) is 0 Å². The van der Waals surface area contributed by atoms with Crippen molar-refractivity contribution < 1.29 is 19.1 Å². The average Bonchev–Trinajstić information content (AvgIpc) is 2.73. The van der Waals surface area contributed by atoms with Gasteiger partial charge in [-0.05, 0) is 61.6 Å². The molecule has 0 N–H and O–H groups in total. The Morgan fingerprint density at radius 3 is 1.85 bits per heavy atom. The van der Waals surface area contributed by atoms with E-state index in [0.717, 1.165) is 36.2 Å². The fraction of sp³-hybridized carbons (Fsp3) is 0.667. The summed E-state index contributed by atoms with van der Waals surface area (Å²) in [6.45, 7) is 14.3. The number of hydrogen-bond donors (Lipinski definition) is 0. The summed E-state index contributed by atoms with van der Waals surface area (Å²) in [4.78, 5) is 22.7. The number of carbonyl (C=O) groups excluding carboxylic acids is 2. The van der Waals surface area contributed by atoms with Crippen LogP contribution in [0.25, 0.3) is 0 Å². The standard InChI is InChI=1S/C30H48O4/c1-22(2)11-8-12-23(3)13-9-14-24(4)15-10-16-25(5)17-18-28-19-20-29(33-26(6)31)30(21-28)34-27(7)32/h17,19-24H,8-16,18H2,1-7H3. The number of esters is 2. The number of benzene rings is 1. The van der Waals surface area contributed by atoms with Crippen molar-refractivity contribution in [3.63, 3.8) is 0 Å². The second kappa shape index (κ2) is 16.5. The maximum Gasteiger partial charge on any atom is 0.308 e. The molecule has 2 atom stereocenters. The summed E-state index contributed by atoms with van der Waals surface area (Å²) in [5.74, 6) is 2.15. The zero-order valence-corrected chi connectivity index (χ0v) is 22.7. The molecule has 0 fully saturated rings. The minimum atomic E-state index is -0.442. The fourth-order valence-corrected chi connectivity index (χ4v) is 4.25.